The third-order valence-corrected chi connectivity index (χ3v) is 9.78. The van der Waals surface area contributed by atoms with Gasteiger partial charge in [0.05, 0.1) is 12.3 Å². The van der Waals surface area contributed by atoms with Crippen molar-refractivity contribution in [3.63, 3.8) is 0 Å². The monoisotopic (exact) mass is 375 g/mol. The molecule has 3 nitrogen and oxygen atoms in total. The van der Waals surface area contributed by atoms with Crippen molar-refractivity contribution in [2.24, 2.45) is 0 Å². The van der Waals surface area contributed by atoms with Gasteiger partial charge < -0.3 is 4.43 Å². The van der Waals surface area contributed by atoms with Gasteiger partial charge in [-0.3, -0.25) is 4.79 Å². The van der Waals surface area contributed by atoms with E-state index in [9.17, 15) is 4.79 Å². The van der Waals surface area contributed by atoms with Crippen LogP contribution in [0.5, 0.6) is 0 Å². The van der Waals surface area contributed by atoms with Gasteiger partial charge in [0.25, 0.3) is 8.32 Å². The summed E-state index contributed by atoms with van der Waals surface area (Å²) in [4.78, 5) is 15.5. The number of rotatable bonds is 6. The third kappa shape index (κ3) is 3.92. The van der Waals surface area contributed by atoms with Crippen LogP contribution < -0.4 is 10.4 Å². The number of aldehydes is 1. The Labute approximate surface area is 162 Å². The van der Waals surface area contributed by atoms with E-state index in [4.69, 9.17) is 4.43 Å². The second-order valence-corrected chi connectivity index (χ2v) is 11.9. The third-order valence-electron chi connectivity index (χ3n) is 4.80. The van der Waals surface area contributed by atoms with E-state index in [1.807, 2.05) is 24.3 Å². The first-order valence-electron chi connectivity index (χ1n) is 9.13. The average molecular weight is 376 g/mol. The van der Waals surface area contributed by atoms with Crippen molar-refractivity contribution < 1.29 is 9.22 Å². The van der Waals surface area contributed by atoms with Gasteiger partial charge in [0.15, 0.2) is 6.29 Å². The molecule has 0 N–H and O–H groups in total. The Bertz CT molecular complexity index is 850. The number of carbonyl (C=O) groups excluding carboxylic acids is 1. The van der Waals surface area contributed by atoms with Crippen LogP contribution in [0, 0.1) is 0 Å². The maximum atomic E-state index is 11.1. The first-order chi connectivity index (χ1) is 13.0. The predicted octanol–water partition coefficient (Wildman–Crippen LogP) is 3.97. The first kappa shape index (κ1) is 19.2. The van der Waals surface area contributed by atoms with Gasteiger partial charge in [0, 0.05) is 0 Å². The molecule has 0 aliphatic carbocycles. The summed E-state index contributed by atoms with van der Waals surface area (Å²) < 4.78 is 6.81. The van der Waals surface area contributed by atoms with Crippen molar-refractivity contribution in [3.8, 4) is 0 Å². The van der Waals surface area contributed by atoms with Crippen molar-refractivity contribution in [1.82, 2.24) is 4.98 Å². The Hall–Kier alpha value is -2.56. The summed E-state index contributed by atoms with van der Waals surface area (Å²) >= 11 is 0. The Balaban J connectivity index is 2.10. The van der Waals surface area contributed by atoms with Gasteiger partial charge >= 0.3 is 0 Å². The molecule has 4 heteroatoms. The predicted molar refractivity (Wildman–Crippen MR) is 112 cm³/mol. The van der Waals surface area contributed by atoms with E-state index < -0.39 is 8.32 Å². The highest BCUT2D eigenvalue weighted by atomic mass is 28.4. The van der Waals surface area contributed by atoms with Gasteiger partial charge in [-0.25, -0.2) is 4.98 Å². The summed E-state index contributed by atoms with van der Waals surface area (Å²) in [6, 6.07) is 26.5. The number of aromatic nitrogens is 1. The highest BCUT2D eigenvalue weighted by Gasteiger charge is 2.50. The lowest BCUT2D eigenvalue weighted by Crippen LogP contribution is -2.66. The molecular weight excluding hydrogens is 350 g/mol. The zero-order chi connectivity index (χ0) is 19.3. The van der Waals surface area contributed by atoms with E-state index in [0.29, 0.717) is 12.3 Å². The van der Waals surface area contributed by atoms with Crippen molar-refractivity contribution in [2.45, 2.75) is 32.4 Å². The number of carbonyl (C=O) groups is 1. The standard InChI is InChI=1S/C23H25NO2Si/c1-23(2,3)27(21-13-6-4-7-14-21,22-15-8-5-9-16-22)26-18-20-12-10-11-19(17-25)24-20/h4-17H,18H2,1-3H3. The highest BCUT2D eigenvalue weighted by Crippen LogP contribution is 2.37. The largest absolute Gasteiger partial charge is 0.401 e. The summed E-state index contributed by atoms with van der Waals surface area (Å²) in [6.07, 6.45) is 0.770. The molecule has 27 heavy (non-hydrogen) atoms. The molecular formula is C23H25NO2Si. The van der Waals surface area contributed by atoms with E-state index in [1.54, 1.807) is 6.07 Å². The van der Waals surface area contributed by atoms with E-state index in [2.05, 4.69) is 74.3 Å². The second kappa shape index (κ2) is 7.99. The summed E-state index contributed by atoms with van der Waals surface area (Å²) in [5.74, 6) is 0. The van der Waals surface area contributed by atoms with Gasteiger partial charge in [-0.05, 0) is 27.5 Å². The molecule has 1 heterocycles. The molecule has 0 bridgehead atoms. The van der Waals surface area contributed by atoms with E-state index in [1.165, 1.54) is 10.4 Å². The Morgan fingerprint density at radius 3 is 1.89 bits per heavy atom. The summed E-state index contributed by atoms with van der Waals surface area (Å²) in [5.41, 5.74) is 1.20. The molecule has 3 aromatic rings. The van der Waals surface area contributed by atoms with Gasteiger partial charge in [-0.1, -0.05) is 87.5 Å². The van der Waals surface area contributed by atoms with E-state index in [-0.39, 0.29) is 5.04 Å². The Morgan fingerprint density at radius 1 is 0.852 bits per heavy atom. The molecule has 3 rings (SSSR count). The molecule has 2 aromatic carbocycles. The molecule has 0 amide bonds. The van der Waals surface area contributed by atoms with Crippen LogP contribution in [-0.4, -0.2) is 19.6 Å². The average Bonchev–Trinajstić information content (AvgIpc) is 2.69. The van der Waals surface area contributed by atoms with Crippen LogP contribution in [-0.2, 0) is 11.0 Å². The molecule has 1 aromatic heterocycles. The number of nitrogens with zero attached hydrogens (tertiary/aromatic N) is 1. The van der Waals surface area contributed by atoms with Crippen molar-refractivity contribution in [3.05, 3.63) is 90.3 Å². The number of hydrogen-bond donors (Lipinski definition) is 0. The van der Waals surface area contributed by atoms with Crippen LogP contribution in [0.25, 0.3) is 0 Å². The van der Waals surface area contributed by atoms with Crippen molar-refractivity contribution >= 4 is 25.0 Å². The fourth-order valence-corrected chi connectivity index (χ4v) is 8.11. The van der Waals surface area contributed by atoms with Gasteiger partial charge in [-0.2, -0.15) is 0 Å². The minimum absolute atomic E-state index is 0.0853. The number of benzene rings is 2. The van der Waals surface area contributed by atoms with Crippen LogP contribution in [0.3, 0.4) is 0 Å². The molecule has 138 valence electrons. The van der Waals surface area contributed by atoms with Crippen LogP contribution in [0.1, 0.15) is 37.0 Å². The van der Waals surface area contributed by atoms with Crippen molar-refractivity contribution in [1.29, 1.82) is 0 Å². The summed E-state index contributed by atoms with van der Waals surface area (Å²) in [5, 5.41) is 2.38. The molecule has 0 fully saturated rings. The Kier molecular flexibility index (Phi) is 5.68. The molecule has 0 radical (unpaired) electrons. The van der Waals surface area contributed by atoms with E-state index in [0.717, 1.165) is 12.0 Å². The lowest BCUT2D eigenvalue weighted by molar-refractivity contribution is 0.111. The molecule has 0 saturated heterocycles. The zero-order valence-corrected chi connectivity index (χ0v) is 17.1. The maximum Gasteiger partial charge on any atom is 0.261 e. The van der Waals surface area contributed by atoms with Gasteiger partial charge in [-0.15, -0.1) is 0 Å². The minimum Gasteiger partial charge on any atom is -0.401 e. The van der Waals surface area contributed by atoms with E-state index >= 15 is 0 Å². The number of hydrogen-bond acceptors (Lipinski definition) is 3. The van der Waals surface area contributed by atoms with Gasteiger partial charge in [0.1, 0.15) is 5.69 Å². The molecule has 0 atom stereocenters. The minimum atomic E-state index is -2.59. The first-order valence-corrected chi connectivity index (χ1v) is 11.0. The summed E-state index contributed by atoms with van der Waals surface area (Å²) in [6.45, 7) is 7.10. The van der Waals surface area contributed by atoms with Crippen LogP contribution >= 0.6 is 0 Å². The fraction of sp³-hybridized carbons (Fsp3) is 0.217. The van der Waals surface area contributed by atoms with Crippen LogP contribution in [0.2, 0.25) is 5.04 Å². The van der Waals surface area contributed by atoms with Crippen LogP contribution in [0.4, 0.5) is 0 Å². The number of pyridine rings is 1. The lowest BCUT2D eigenvalue weighted by atomic mass is 10.2. The smallest absolute Gasteiger partial charge is 0.261 e. The molecule has 0 unspecified atom stereocenters. The molecule has 0 aliphatic rings. The van der Waals surface area contributed by atoms with Crippen molar-refractivity contribution in [2.75, 3.05) is 0 Å². The second-order valence-electron chi connectivity index (χ2n) is 7.62. The summed E-state index contributed by atoms with van der Waals surface area (Å²) in [7, 11) is -2.59. The molecule has 0 spiro atoms. The maximum absolute atomic E-state index is 11.1. The van der Waals surface area contributed by atoms with Crippen LogP contribution in [0.15, 0.2) is 78.9 Å². The fourth-order valence-electron chi connectivity index (χ4n) is 3.59. The topological polar surface area (TPSA) is 39.2 Å². The quantitative estimate of drug-likeness (QED) is 0.483. The normalized spacial score (nSPS) is 12.0. The molecule has 0 aliphatic heterocycles. The SMILES string of the molecule is CC(C)(C)[Si](OCc1cccc(C=O)n1)(c1ccccc1)c1ccccc1. The lowest BCUT2D eigenvalue weighted by Gasteiger charge is -2.43. The highest BCUT2D eigenvalue weighted by molar-refractivity contribution is 6.99. The molecule has 0 saturated carbocycles. The van der Waals surface area contributed by atoms with Gasteiger partial charge in [0.2, 0.25) is 0 Å². The zero-order valence-electron chi connectivity index (χ0n) is 16.1. The Morgan fingerprint density at radius 2 is 1.41 bits per heavy atom.